The molecule has 0 atom stereocenters. The molecular weight excluding hydrogens is 737 g/mol. The van der Waals surface area contributed by atoms with E-state index in [0.29, 0.717) is 0 Å². The number of furan rings is 2. The van der Waals surface area contributed by atoms with Crippen LogP contribution in [-0.2, 0) is 0 Å². The molecule has 1 N–H and O–H groups in total. The van der Waals surface area contributed by atoms with Crippen molar-refractivity contribution in [3.8, 4) is 16.9 Å². The molecule has 2 aromatic heterocycles. The van der Waals surface area contributed by atoms with Crippen LogP contribution in [0.25, 0.3) is 65.8 Å². The SMILES string of the molecule is Cc1cccc(N(c2cccc(-c3ccccc3O)c2)c2c3ccccc3c(N(c3cc(C)ccc3C)c3cccc4c3oc3ccccc34)c3oc4ccccc4c23)c1. The molecule has 0 saturated carbocycles. The van der Waals surface area contributed by atoms with Crippen LogP contribution in [0.1, 0.15) is 16.7 Å². The van der Waals surface area contributed by atoms with E-state index >= 15 is 0 Å². The summed E-state index contributed by atoms with van der Waals surface area (Å²) >= 11 is 0. The maximum atomic E-state index is 11.0. The van der Waals surface area contributed by atoms with E-state index in [-0.39, 0.29) is 5.75 Å². The number of aryl methyl sites for hydroxylation is 3. The molecule has 5 nitrogen and oxygen atoms in total. The van der Waals surface area contributed by atoms with Gasteiger partial charge < -0.3 is 23.7 Å². The van der Waals surface area contributed by atoms with Crippen molar-refractivity contribution in [1.82, 2.24) is 0 Å². The van der Waals surface area contributed by atoms with E-state index in [1.165, 1.54) is 0 Å². The summed E-state index contributed by atoms with van der Waals surface area (Å²) in [5.74, 6) is 0.237. The Balaban J connectivity index is 1.30. The predicted molar refractivity (Wildman–Crippen MR) is 249 cm³/mol. The maximum absolute atomic E-state index is 11.0. The van der Waals surface area contributed by atoms with Crippen LogP contribution in [0, 0.1) is 20.8 Å². The molecule has 0 unspecified atom stereocenters. The molecular formula is C55H40N2O3. The Kier molecular flexibility index (Phi) is 8.24. The molecule has 0 bridgehead atoms. The van der Waals surface area contributed by atoms with E-state index in [4.69, 9.17) is 8.83 Å². The van der Waals surface area contributed by atoms with Crippen LogP contribution >= 0.6 is 0 Å². The van der Waals surface area contributed by atoms with Gasteiger partial charge in [0.25, 0.3) is 0 Å². The van der Waals surface area contributed by atoms with Crippen LogP contribution < -0.4 is 9.80 Å². The van der Waals surface area contributed by atoms with Crippen molar-refractivity contribution in [1.29, 1.82) is 0 Å². The van der Waals surface area contributed by atoms with Crippen LogP contribution in [0.2, 0.25) is 0 Å². The number of anilines is 6. The zero-order valence-corrected chi connectivity index (χ0v) is 33.5. The monoisotopic (exact) mass is 776 g/mol. The molecule has 11 rings (SSSR count). The first-order valence-corrected chi connectivity index (χ1v) is 20.3. The molecule has 288 valence electrons. The Morgan fingerprint density at radius 2 is 1.02 bits per heavy atom. The predicted octanol–water partition coefficient (Wildman–Crippen LogP) is 15.9. The number of rotatable bonds is 7. The lowest BCUT2D eigenvalue weighted by Gasteiger charge is -2.32. The summed E-state index contributed by atoms with van der Waals surface area (Å²) in [4.78, 5) is 4.72. The minimum Gasteiger partial charge on any atom is -0.507 e. The Morgan fingerprint density at radius 1 is 0.417 bits per heavy atom. The highest BCUT2D eigenvalue weighted by Crippen LogP contribution is 2.55. The molecule has 2 heterocycles. The summed E-state index contributed by atoms with van der Waals surface area (Å²) in [6, 6.07) is 62.9. The first-order valence-electron chi connectivity index (χ1n) is 20.3. The number of fused-ring (bicyclic) bond motifs is 7. The average Bonchev–Trinajstić information content (AvgIpc) is 3.85. The molecule has 0 aliphatic heterocycles. The van der Waals surface area contributed by atoms with Crippen molar-refractivity contribution in [2.75, 3.05) is 9.80 Å². The van der Waals surface area contributed by atoms with Crippen molar-refractivity contribution in [3.63, 3.8) is 0 Å². The third kappa shape index (κ3) is 5.62. The van der Waals surface area contributed by atoms with Gasteiger partial charge in [0.1, 0.15) is 16.9 Å². The number of nitrogens with zero attached hydrogens (tertiary/aromatic N) is 2. The normalized spacial score (nSPS) is 11.7. The molecule has 0 aliphatic rings. The summed E-state index contributed by atoms with van der Waals surface area (Å²) in [6.07, 6.45) is 0. The third-order valence-corrected chi connectivity index (χ3v) is 11.7. The van der Waals surface area contributed by atoms with Crippen molar-refractivity contribution in [2.24, 2.45) is 0 Å². The van der Waals surface area contributed by atoms with Gasteiger partial charge in [-0.3, -0.25) is 0 Å². The summed E-state index contributed by atoms with van der Waals surface area (Å²) in [7, 11) is 0. The Labute approximate surface area is 347 Å². The van der Waals surface area contributed by atoms with E-state index in [1.54, 1.807) is 6.07 Å². The van der Waals surface area contributed by atoms with Crippen molar-refractivity contribution >= 4 is 88.8 Å². The lowest BCUT2D eigenvalue weighted by Crippen LogP contribution is -2.15. The fraction of sp³-hybridized carbons (Fsp3) is 0.0545. The summed E-state index contributed by atoms with van der Waals surface area (Å²) < 4.78 is 14.0. The van der Waals surface area contributed by atoms with E-state index in [0.717, 1.165) is 117 Å². The number of hydrogen-bond acceptors (Lipinski definition) is 5. The van der Waals surface area contributed by atoms with Gasteiger partial charge in [0, 0.05) is 49.6 Å². The second kappa shape index (κ2) is 14.0. The number of hydrogen-bond donors (Lipinski definition) is 1. The van der Waals surface area contributed by atoms with Crippen molar-refractivity contribution < 1.29 is 13.9 Å². The molecule has 0 aliphatic carbocycles. The topological polar surface area (TPSA) is 53.0 Å². The van der Waals surface area contributed by atoms with E-state index in [9.17, 15) is 5.11 Å². The molecule has 0 fully saturated rings. The molecule has 0 radical (unpaired) electrons. The standard InChI is InChI=1S/C55H40N2O3/c1-34-15-12-17-38(31-34)56(39-18-13-16-37(33-39)40-19-6-9-26-48(40)58)52-42-21-4-5-22-43(42)53(55-51(52)45-23-8-11-28-50(45)60-55)57(47-32-35(2)29-30-36(47)3)46-25-14-24-44-41-20-7-10-27-49(41)59-54(44)46/h4-33,58H,1-3H3. The first-order chi connectivity index (χ1) is 29.4. The van der Waals surface area contributed by atoms with Gasteiger partial charge in [-0.25, -0.2) is 0 Å². The number of phenols is 1. The number of phenolic OH excluding ortho intramolecular Hbond substituents is 1. The Bertz CT molecular complexity index is 3470. The quantitative estimate of drug-likeness (QED) is 0.163. The van der Waals surface area contributed by atoms with Crippen molar-refractivity contribution in [2.45, 2.75) is 20.8 Å². The fourth-order valence-electron chi connectivity index (χ4n) is 9.00. The van der Waals surface area contributed by atoms with Gasteiger partial charge in [-0.05, 0) is 97.6 Å². The lowest BCUT2D eigenvalue weighted by atomic mass is 9.96. The third-order valence-electron chi connectivity index (χ3n) is 11.7. The number of para-hydroxylation sites is 4. The smallest absolute Gasteiger partial charge is 0.162 e. The van der Waals surface area contributed by atoms with E-state index < -0.39 is 0 Å². The van der Waals surface area contributed by atoms with E-state index in [2.05, 4.69) is 170 Å². The maximum Gasteiger partial charge on any atom is 0.162 e. The molecule has 11 aromatic rings. The minimum atomic E-state index is 0.237. The number of benzene rings is 9. The van der Waals surface area contributed by atoms with Crippen LogP contribution in [0.15, 0.2) is 191 Å². The van der Waals surface area contributed by atoms with Crippen LogP contribution in [0.4, 0.5) is 34.1 Å². The Morgan fingerprint density at radius 3 is 1.80 bits per heavy atom. The molecule has 9 aromatic carbocycles. The minimum absolute atomic E-state index is 0.237. The highest BCUT2D eigenvalue weighted by molar-refractivity contribution is 6.29. The highest BCUT2D eigenvalue weighted by Gasteiger charge is 2.31. The molecule has 0 spiro atoms. The van der Waals surface area contributed by atoms with Gasteiger partial charge in [-0.15, -0.1) is 0 Å². The average molecular weight is 777 g/mol. The fourth-order valence-corrected chi connectivity index (χ4v) is 9.00. The zero-order chi connectivity index (χ0) is 40.5. The van der Waals surface area contributed by atoms with Gasteiger partial charge in [0.05, 0.1) is 22.4 Å². The van der Waals surface area contributed by atoms with Gasteiger partial charge >= 0.3 is 0 Å². The van der Waals surface area contributed by atoms with Gasteiger partial charge in [-0.2, -0.15) is 0 Å². The van der Waals surface area contributed by atoms with Crippen molar-refractivity contribution in [3.05, 3.63) is 199 Å². The summed E-state index contributed by atoms with van der Waals surface area (Å²) in [5.41, 5.74) is 14.1. The van der Waals surface area contributed by atoms with Crippen LogP contribution in [-0.4, -0.2) is 5.11 Å². The molecule has 60 heavy (non-hydrogen) atoms. The molecule has 0 amide bonds. The van der Waals surface area contributed by atoms with Crippen LogP contribution in [0.3, 0.4) is 0 Å². The van der Waals surface area contributed by atoms with Gasteiger partial charge in [0.2, 0.25) is 0 Å². The Hall–Kier alpha value is -7.76. The second-order valence-corrected chi connectivity index (χ2v) is 15.7. The van der Waals surface area contributed by atoms with E-state index in [1.807, 2.05) is 36.4 Å². The second-order valence-electron chi connectivity index (χ2n) is 15.7. The van der Waals surface area contributed by atoms with Crippen LogP contribution in [0.5, 0.6) is 5.75 Å². The number of aromatic hydroxyl groups is 1. The summed E-state index contributed by atoms with van der Waals surface area (Å²) in [6.45, 7) is 6.44. The van der Waals surface area contributed by atoms with Gasteiger partial charge in [0.15, 0.2) is 11.2 Å². The lowest BCUT2D eigenvalue weighted by molar-refractivity contribution is 0.477. The first kappa shape index (κ1) is 35.4. The molecule has 0 saturated heterocycles. The highest BCUT2D eigenvalue weighted by atomic mass is 16.3. The molecule has 5 heteroatoms. The zero-order valence-electron chi connectivity index (χ0n) is 33.5. The van der Waals surface area contributed by atoms with Gasteiger partial charge in [-0.1, -0.05) is 127 Å². The summed E-state index contributed by atoms with van der Waals surface area (Å²) in [5, 5.41) is 17.2. The largest absolute Gasteiger partial charge is 0.507 e.